The summed E-state index contributed by atoms with van der Waals surface area (Å²) in [5.41, 5.74) is 1.61. The first-order valence-electron chi connectivity index (χ1n) is 8.56. The average Bonchev–Trinajstić information content (AvgIpc) is 3.06. The summed E-state index contributed by atoms with van der Waals surface area (Å²) in [6, 6.07) is 8.41. The summed E-state index contributed by atoms with van der Waals surface area (Å²) in [4.78, 5) is 30.1. The minimum atomic E-state index is -0.314. The number of carbonyl (C=O) groups excluding carboxylic acids is 2. The molecule has 0 radical (unpaired) electrons. The second kappa shape index (κ2) is 8.39. The molecule has 0 aliphatic carbocycles. The first-order valence-corrected chi connectivity index (χ1v) is 8.56. The molecular weight excluding hydrogens is 348 g/mol. The van der Waals surface area contributed by atoms with Crippen molar-refractivity contribution in [1.82, 2.24) is 15.6 Å². The average molecular weight is 370 g/mol. The first-order chi connectivity index (χ1) is 13.1. The quantitative estimate of drug-likeness (QED) is 0.807. The van der Waals surface area contributed by atoms with Crippen LogP contribution in [0, 0.1) is 0 Å². The van der Waals surface area contributed by atoms with Crippen LogP contribution in [0.3, 0.4) is 0 Å². The van der Waals surface area contributed by atoms with Crippen LogP contribution >= 0.6 is 0 Å². The van der Waals surface area contributed by atoms with E-state index in [9.17, 15) is 9.59 Å². The van der Waals surface area contributed by atoms with E-state index in [4.69, 9.17) is 9.47 Å². The van der Waals surface area contributed by atoms with Crippen molar-refractivity contribution in [2.75, 3.05) is 25.7 Å². The normalized spacial score (nSPS) is 16.1. The van der Waals surface area contributed by atoms with Crippen LogP contribution in [0.5, 0.6) is 11.5 Å². The van der Waals surface area contributed by atoms with Gasteiger partial charge in [-0.15, -0.1) is 0 Å². The first kappa shape index (κ1) is 18.5. The number of hydrogen-bond acceptors (Lipinski definition) is 5. The molecule has 8 nitrogen and oxygen atoms in total. The standard InChI is InChI=1S/C19H22N4O4/c1-26-16-6-5-15(9-17(16)27-2)23-12-14(8-18(23)24)22-19(25)21-11-13-4-3-7-20-10-13/h3-7,9-10,14H,8,11-12H2,1-2H3,(H2,21,22,25)/t14-/m1/s1. The third kappa shape index (κ3) is 4.46. The smallest absolute Gasteiger partial charge is 0.315 e. The molecule has 3 rings (SSSR count). The van der Waals surface area contributed by atoms with Crippen molar-refractivity contribution in [1.29, 1.82) is 0 Å². The third-order valence-corrected chi connectivity index (χ3v) is 4.31. The van der Waals surface area contributed by atoms with E-state index in [1.807, 2.05) is 12.1 Å². The molecule has 1 aromatic heterocycles. The van der Waals surface area contributed by atoms with E-state index in [2.05, 4.69) is 15.6 Å². The van der Waals surface area contributed by atoms with E-state index in [0.717, 1.165) is 5.56 Å². The Morgan fingerprint density at radius 3 is 2.78 bits per heavy atom. The molecule has 1 fully saturated rings. The molecule has 2 N–H and O–H groups in total. The van der Waals surface area contributed by atoms with Gasteiger partial charge in [-0.3, -0.25) is 9.78 Å². The zero-order chi connectivity index (χ0) is 19.2. The Morgan fingerprint density at radius 1 is 1.26 bits per heavy atom. The van der Waals surface area contributed by atoms with Gasteiger partial charge in [0, 0.05) is 43.7 Å². The van der Waals surface area contributed by atoms with Crippen LogP contribution < -0.4 is 25.0 Å². The van der Waals surface area contributed by atoms with Crippen molar-refractivity contribution in [2.24, 2.45) is 0 Å². The summed E-state index contributed by atoms with van der Waals surface area (Å²) in [5.74, 6) is 1.09. The molecule has 3 amide bonds. The number of urea groups is 1. The van der Waals surface area contributed by atoms with Gasteiger partial charge in [0.1, 0.15) is 0 Å². The van der Waals surface area contributed by atoms with Crippen molar-refractivity contribution in [3.63, 3.8) is 0 Å². The summed E-state index contributed by atoms with van der Waals surface area (Å²) in [5, 5.41) is 5.61. The highest BCUT2D eigenvalue weighted by Gasteiger charge is 2.32. The molecule has 0 unspecified atom stereocenters. The number of aromatic nitrogens is 1. The van der Waals surface area contributed by atoms with Gasteiger partial charge in [0.05, 0.1) is 20.3 Å². The number of hydrogen-bond donors (Lipinski definition) is 2. The predicted octanol–water partition coefficient (Wildman–Crippen LogP) is 1.70. The van der Waals surface area contributed by atoms with E-state index in [-0.39, 0.29) is 24.4 Å². The molecule has 0 bridgehead atoms. The minimum Gasteiger partial charge on any atom is -0.493 e. The van der Waals surface area contributed by atoms with Gasteiger partial charge in [-0.1, -0.05) is 6.07 Å². The van der Waals surface area contributed by atoms with Crippen molar-refractivity contribution in [3.05, 3.63) is 48.3 Å². The molecule has 1 aliphatic rings. The summed E-state index contributed by atoms with van der Waals surface area (Å²) in [7, 11) is 3.10. The minimum absolute atomic E-state index is 0.0558. The lowest BCUT2D eigenvalue weighted by atomic mass is 10.2. The maximum absolute atomic E-state index is 12.4. The number of pyridine rings is 1. The van der Waals surface area contributed by atoms with Crippen molar-refractivity contribution >= 4 is 17.6 Å². The zero-order valence-electron chi connectivity index (χ0n) is 15.3. The number of nitrogens with one attached hydrogen (secondary N) is 2. The van der Waals surface area contributed by atoms with E-state index >= 15 is 0 Å². The summed E-state index contributed by atoms with van der Waals surface area (Å²) >= 11 is 0. The van der Waals surface area contributed by atoms with E-state index in [1.54, 1.807) is 49.7 Å². The fraction of sp³-hybridized carbons (Fsp3) is 0.316. The second-order valence-electron chi connectivity index (χ2n) is 6.13. The summed E-state index contributed by atoms with van der Waals surface area (Å²) in [6.45, 7) is 0.772. The van der Waals surface area contributed by atoms with Gasteiger partial charge in [-0.05, 0) is 23.8 Å². The molecule has 27 heavy (non-hydrogen) atoms. The Balaban J connectivity index is 1.58. The van der Waals surface area contributed by atoms with E-state index < -0.39 is 0 Å². The highest BCUT2D eigenvalue weighted by molar-refractivity contribution is 5.97. The highest BCUT2D eigenvalue weighted by Crippen LogP contribution is 2.33. The van der Waals surface area contributed by atoms with E-state index in [1.165, 1.54) is 0 Å². The van der Waals surface area contributed by atoms with Crippen molar-refractivity contribution < 1.29 is 19.1 Å². The molecule has 1 saturated heterocycles. The summed E-state index contributed by atoms with van der Waals surface area (Å²) < 4.78 is 10.5. The maximum atomic E-state index is 12.4. The van der Waals surface area contributed by atoms with Crippen LogP contribution in [0.25, 0.3) is 0 Å². The van der Waals surface area contributed by atoms with E-state index in [0.29, 0.717) is 30.3 Å². The zero-order valence-corrected chi connectivity index (χ0v) is 15.3. The number of ether oxygens (including phenoxy) is 2. The Labute approximate surface area is 157 Å². The van der Waals surface area contributed by atoms with Crippen LogP contribution in [0.1, 0.15) is 12.0 Å². The molecule has 2 aromatic rings. The maximum Gasteiger partial charge on any atom is 0.315 e. The largest absolute Gasteiger partial charge is 0.493 e. The number of rotatable bonds is 6. The number of methoxy groups -OCH3 is 2. The molecule has 0 saturated carbocycles. The lowest BCUT2D eigenvalue weighted by Crippen LogP contribution is -2.43. The lowest BCUT2D eigenvalue weighted by Gasteiger charge is -2.19. The van der Waals surface area contributed by atoms with Gasteiger partial charge in [0.15, 0.2) is 11.5 Å². The summed E-state index contributed by atoms with van der Waals surface area (Å²) in [6.07, 6.45) is 3.61. The van der Waals surface area contributed by atoms with Crippen LogP contribution in [0.15, 0.2) is 42.7 Å². The van der Waals surface area contributed by atoms with Gasteiger partial charge in [0.2, 0.25) is 5.91 Å². The van der Waals surface area contributed by atoms with Gasteiger partial charge < -0.3 is 25.0 Å². The molecule has 0 spiro atoms. The predicted molar refractivity (Wildman–Crippen MR) is 99.9 cm³/mol. The van der Waals surface area contributed by atoms with Gasteiger partial charge in [-0.25, -0.2) is 4.79 Å². The lowest BCUT2D eigenvalue weighted by molar-refractivity contribution is -0.117. The Morgan fingerprint density at radius 2 is 2.07 bits per heavy atom. The Bertz CT molecular complexity index is 813. The van der Waals surface area contributed by atoms with Crippen LogP contribution in [0.2, 0.25) is 0 Å². The number of anilines is 1. The van der Waals surface area contributed by atoms with Crippen LogP contribution in [0.4, 0.5) is 10.5 Å². The Kier molecular flexibility index (Phi) is 5.75. The molecule has 1 aromatic carbocycles. The molecule has 2 heterocycles. The Hall–Kier alpha value is -3.29. The highest BCUT2D eigenvalue weighted by atomic mass is 16.5. The van der Waals surface area contributed by atoms with Crippen LogP contribution in [-0.4, -0.2) is 43.7 Å². The molecule has 1 atom stereocenters. The number of nitrogens with zero attached hydrogens (tertiary/aromatic N) is 2. The monoisotopic (exact) mass is 370 g/mol. The van der Waals surface area contributed by atoms with Crippen molar-refractivity contribution in [2.45, 2.75) is 19.0 Å². The van der Waals surface area contributed by atoms with Gasteiger partial charge >= 0.3 is 6.03 Å². The van der Waals surface area contributed by atoms with Crippen LogP contribution in [-0.2, 0) is 11.3 Å². The topological polar surface area (TPSA) is 92.8 Å². The van der Waals surface area contributed by atoms with Crippen molar-refractivity contribution in [3.8, 4) is 11.5 Å². The molecule has 1 aliphatic heterocycles. The fourth-order valence-electron chi connectivity index (χ4n) is 2.97. The third-order valence-electron chi connectivity index (χ3n) is 4.31. The molecule has 8 heteroatoms. The second-order valence-corrected chi connectivity index (χ2v) is 6.13. The molecule has 142 valence electrons. The van der Waals surface area contributed by atoms with Gasteiger partial charge in [-0.2, -0.15) is 0 Å². The SMILES string of the molecule is COc1ccc(N2C[C@H](NC(=O)NCc3cccnc3)CC2=O)cc1OC. The van der Waals surface area contributed by atoms with Gasteiger partial charge in [0.25, 0.3) is 0 Å². The number of amides is 3. The fourth-order valence-corrected chi connectivity index (χ4v) is 2.97. The molecular formula is C19H22N4O4. The number of benzene rings is 1. The number of carbonyl (C=O) groups is 2.